The van der Waals surface area contributed by atoms with Gasteiger partial charge in [0, 0.05) is 30.4 Å². The van der Waals surface area contributed by atoms with Crippen molar-refractivity contribution in [2.24, 2.45) is 0 Å². The van der Waals surface area contributed by atoms with E-state index in [4.69, 9.17) is 0 Å². The Balaban J connectivity index is 1.51. The number of rotatable bonds is 6. The fourth-order valence-corrected chi connectivity index (χ4v) is 4.98. The lowest BCUT2D eigenvalue weighted by molar-refractivity contribution is -0.137. The maximum Gasteiger partial charge on any atom is 0.416 e. The van der Waals surface area contributed by atoms with Gasteiger partial charge in [-0.3, -0.25) is 14.4 Å². The number of anilines is 1. The van der Waals surface area contributed by atoms with Gasteiger partial charge in [0.25, 0.3) is 11.8 Å². The first kappa shape index (κ1) is 26.5. The molecule has 0 saturated carbocycles. The van der Waals surface area contributed by atoms with Gasteiger partial charge in [0.05, 0.1) is 12.2 Å². The molecule has 10 heteroatoms. The van der Waals surface area contributed by atoms with Crippen molar-refractivity contribution in [3.63, 3.8) is 0 Å². The van der Waals surface area contributed by atoms with Crippen LogP contribution in [-0.2, 0) is 15.8 Å². The summed E-state index contributed by atoms with van der Waals surface area (Å²) in [4.78, 5) is 44.4. The van der Waals surface area contributed by atoms with Gasteiger partial charge in [0.15, 0.2) is 0 Å². The number of carbonyl (C=O) groups excluding carboxylic acids is 3. The second-order valence-corrected chi connectivity index (χ2v) is 9.68. The van der Waals surface area contributed by atoms with Gasteiger partial charge >= 0.3 is 6.18 Å². The van der Waals surface area contributed by atoms with Crippen molar-refractivity contribution in [3.8, 4) is 0 Å². The third-order valence-electron chi connectivity index (χ3n) is 7.27. The summed E-state index contributed by atoms with van der Waals surface area (Å²) in [6.07, 6.45) is -3.00. The summed E-state index contributed by atoms with van der Waals surface area (Å²) in [5, 5.41) is 2.90. The van der Waals surface area contributed by atoms with Gasteiger partial charge in [-0.25, -0.2) is 0 Å². The molecule has 37 heavy (non-hydrogen) atoms. The first-order chi connectivity index (χ1) is 17.5. The summed E-state index contributed by atoms with van der Waals surface area (Å²) in [6, 6.07) is 13.7. The topological polar surface area (TPSA) is 73.0 Å². The molecule has 2 aromatic carbocycles. The van der Waals surface area contributed by atoms with E-state index in [2.05, 4.69) is 5.32 Å². The van der Waals surface area contributed by atoms with E-state index in [-0.39, 0.29) is 55.6 Å². The molecule has 0 aromatic heterocycles. The van der Waals surface area contributed by atoms with Crippen LogP contribution in [0.15, 0.2) is 54.6 Å². The molecule has 1 atom stereocenters. The molecular formula is C27H31F3N4O3. The van der Waals surface area contributed by atoms with Gasteiger partial charge in [0.2, 0.25) is 5.91 Å². The molecule has 2 fully saturated rings. The normalized spacial score (nSPS) is 18.3. The maximum absolute atomic E-state index is 13.7. The van der Waals surface area contributed by atoms with Crippen molar-refractivity contribution in [3.05, 3.63) is 65.7 Å². The van der Waals surface area contributed by atoms with Crippen LogP contribution >= 0.6 is 0 Å². The molecule has 0 radical (unpaired) electrons. The molecule has 1 N–H and O–H groups in total. The van der Waals surface area contributed by atoms with E-state index in [9.17, 15) is 27.6 Å². The lowest BCUT2D eigenvalue weighted by Crippen LogP contribution is -2.57. The third-order valence-corrected chi connectivity index (χ3v) is 7.27. The number of piperidine rings is 1. The molecule has 4 rings (SSSR count). The highest BCUT2D eigenvalue weighted by molar-refractivity contribution is 5.97. The number of hydrogen-bond donors (Lipinski definition) is 1. The predicted molar refractivity (Wildman–Crippen MR) is 133 cm³/mol. The first-order valence-electron chi connectivity index (χ1n) is 12.4. The van der Waals surface area contributed by atoms with Crippen LogP contribution in [0.2, 0.25) is 0 Å². The van der Waals surface area contributed by atoms with Gasteiger partial charge in [-0.15, -0.1) is 0 Å². The van der Waals surface area contributed by atoms with Crippen LogP contribution in [0.3, 0.4) is 0 Å². The molecule has 1 unspecified atom stereocenters. The molecular weight excluding hydrogens is 485 g/mol. The molecule has 2 aliphatic rings. The largest absolute Gasteiger partial charge is 0.416 e. The van der Waals surface area contributed by atoms with Crippen molar-refractivity contribution >= 4 is 23.4 Å². The Bertz CT molecular complexity index is 1130. The summed E-state index contributed by atoms with van der Waals surface area (Å²) < 4.78 is 38.7. The number of benzene rings is 2. The summed E-state index contributed by atoms with van der Waals surface area (Å²) in [5.41, 5.74) is -0.697. The standard InChI is InChI=1S/C27H31F3N4O3/c1-3-19(2)31-23(35)17-33-18-34(22-7-5-4-6-8-22)26(25(33)37)13-15-32(16-14-26)24(36)20-9-11-21(12-10-20)27(28,29)30/h4-12,19H,3,13-18H2,1-2H3,(H,31,35). The zero-order chi connectivity index (χ0) is 26.8. The summed E-state index contributed by atoms with van der Waals surface area (Å²) >= 11 is 0. The van der Waals surface area contributed by atoms with Gasteiger partial charge < -0.3 is 20.0 Å². The zero-order valence-electron chi connectivity index (χ0n) is 20.9. The van der Waals surface area contributed by atoms with E-state index in [0.29, 0.717) is 12.8 Å². The van der Waals surface area contributed by atoms with Crippen molar-refractivity contribution in [1.29, 1.82) is 0 Å². The summed E-state index contributed by atoms with van der Waals surface area (Å²) in [6.45, 7) is 4.61. The molecule has 7 nitrogen and oxygen atoms in total. The van der Waals surface area contributed by atoms with Crippen LogP contribution < -0.4 is 10.2 Å². The lowest BCUT2D eigenvalue weighted by Gasteiger charge is -2.43. The Morgan fingerprint density at radius 3 is 2.22 bits per heavy atom. The molecule has 1 spiro atoms. The van der Waals surface area contributed by atoms with Crippen LogP contribution in [0.4, 0.5) is 18.9 Å². The van der Waals surface area contributed by atoms with Crippen LogP contribution in [0.25, 0.3) is 0 Å². The zero-order valence-corrected chi connectivity index (χ0v) is 20.9. The van der Waals surface area contributed by atoms with Crippen molar-refractivity contribution < 1.29 is 27.6 Å². The Morgan fingerprint density at radius 1 is 1.03 bits per heavy atom. The number of halogens is 3. The van der Waals surface area contributed by atoms with Crippen LogP contribution in [0.1, 0.15) is 49.0 Å². The van der Waals surface area contributed by atoms with Crippen LogP contribution in [0.5, 0.6) is 0 Å². The van der Waals surface area contributed by atoms with E-state index < -0.39 is 17.3 Å². The second kappa shape index (κ2) is 10.4. The SMILES string of the molecule is CCC(C)NC(=O)CN1CN(c2ccccc2)C2(CCN(C(=O)c3ccc(C(F)(F)F)cc3)CC2)C1=O. The van der Waals surface area contributed by atoms with E-state index >= 15 is 0 Å². The summed E-state index contributed by atoms with van der Waals surface area (Å²) in [5.74, 6) is -0.745. The average Bonchev–Trinajstić information content (AvgIpc) is 3.14. The van der Waals surface area contributed by atoms with Gasteiger partial charge in [-0.2, -0.15) is 13.2 Å². The smallest absolute Gasteiger partial charge is 0.352 e. The minimum Gasteiger partial charge on any atom is -0.352 e. The molecule has 2 aromatic rings. The first-order valence-corrected chi connectivity index (χ1v) is 12.4. The lowest BCUT2D eigenvalue weighted by atomic mass is 9.85. The molecule has 0 bridgehead atoms. The highest BCUT2D eigenvalue weighted by Crippen LogP contribution is 2.39. The van der Waals surface area contributed by atoms with E-state index in [1.54, 1.807) is 9.80 Å². The van der Waals surface area contributed by atoms with Crippen LogP contribution in [0, 0.1) is 0 Å². The number of hydrogen-bond acceptors (Lipinski definition) is 4. The number of nitrogens with zero attached hydrogens (tertiary/aromatic N) is 3. The molecule has 3 amide bonds. The highest BCUT2D eigenvalue weighted by Gasteiger charge is 2.54. The highest BCUT2D eigenvalue weighted by atomic mass is 19.4. The van der Waals surface area contributed by atoms with Crippen molar-refractivity contribution in [1.82, 2.24) is 15.1 Å². The Hall–Kier alpha value is -3.56. The number of carbonyl (C=O) groups is 3. The van der Waals surface area contributed by atoms with E-state index in [1.165, 1.54) is 12.1 Å². The molecule has 2 saturated heterocycles. The number of likely N-dealkylation sites (tertiary alicyclic amines) is 1. The number of alkyl halides is 3. The van der Waals surface area contributed by atoms with Gasteiger partial charge in [-0.1, -0.05) is 25.1 Å². The fourth-order valence-electron chi connectivity index (χ4n) is 4.98. The molecule has 198 valence electrons. The van der Waals surface area contributed by atoms with E-state index in [1.807, 2.05) is 49.1 Å². The fraction of sp³-hybridized carbons (Fsp3) is 0.444. The Morgan fingerprint density at radius 2 is 1.65 bits per heavy atom. The number of amides is 3. The van der Waals surface area contributed by atoms with Crippen molar-refractivity contribution in [2.75, 3.05) is 31.2 Å². The van der Waals surface area contributed by atoms with Crippen molar-refractivity contribution in [2.45, 2.75) is 50.9 Å². The predicted octanol–water partition coefficient (Wildman–Crippen LogP) is 3.90. The monoisotopic (exact) mass is 516 g/mol. The van der Waals surface area contributed by atoms with Crippen LogP contribution in [-0.4, -0.2) is 65.4 Å². The van der Waals surface area contributed by atoms with Gasteiger partial charge in [0.1, 0.15) is 12.1 Å². The Kier molecular flexibility index (Phi) is 7.47. The maximum atomic E-state index is 13.7. The molecule has 2 heterocycles. The second-order valence-electron chi connectivity index (χ2n) is 9.68. The van der Waals surface area contributed by atoms with E-state index in [0.717, 1.165) is 24.2 Å². The average molecular weight is 517 g/mol. The molecule has 0 aliphatic carbocycles. The Labute approximate surface area is 214 Å². The van der Waals surface area contributed by atoms with Gasteiger partial charge in [-0.05, 0) is 62.6 Å². The number of nitrogens with one attached hydrogen (secondary N) is 1. The molecule has 2 aliphatic heterocycles. The summed E-state index contributed by atoms with van der Waals surface area (Å²) in [7, 11) is 0. The third kappa shape index (κ3) is 5.42. The number of para-hydroxylation sites is 1. The minimum absolute atomic E-state index is 0.00356. The minimum atomic E-state index is -4.47. The quantitative estimate of drug-likeness (QED) is 0.632.